The summed E-state index contributed by atoms with van der Waals surface area (Å²) in [5.74, 6) is -11.0. The minimum atomic E-state index is -3.77. The van der Waals surface area contributed by atoms with Gasteiger partial charge in [-0.15, -0.1) is 0 Å². The Kier molecular flexibility index (Phi) is 23.5. The van der Waals surface area contributed by atoms with Crippen molar-refractivity contribution in [1.29, 1.82) is 0 Å². The summed E-state index contributed by atoms with van der Waals surface area (Å²) in [7, 11) is -8.32. The van der Waals surface area contributed by atoms with Crippen molar-refractivity contribution < 1.29 is 83.9 Å². The van der Waals surface area contributed by atoms with E-state index in [1.165, 1.54) is 22.7 Å². The van der Waals surface area contributed by atoms with Gasteiger partial charge in [-0.25, -0.2) is 61.1 Å². The third-order valence-electron chi connectivity index (χ3n) is 20.9. The van der Waals surface area contributed by atoms with Gasteiger partial charge in [-0.05, 0) is 160 Å². The molecule has 4 aromatic rings. The van der Waals surface area contributed by atoms with E-state index in [9.17, 15) is 79.2 Å². The second-order valence-corrected chi connectivity index (χ2v) is 33.6. The molecule has 4 aromatic carbocycles. The third-order valence-corrected chi connectivity index (χ3v) is 26.7. The smallest absolute Gasteiger partial charge is 0.278 e. The van der Waals surface area contributed by atoms with Crippen LogP contribution < -0.4 is 21.9 Å². The Balaban J connectivity index is 0.000000160. The van der Waals surface area contributed by atoms with E-state index in [0.717, 1.165) is 59.3 Å². The number of nitrogens with one attached hydrogen (secondary N) is 1. The van der Waals surface area contributed by atoms with E-state index >= 15 is 0 Å². The van der Waals surface area contributed by atoms with Crippen molar-refractivity contribution in [3.05, 3.63) is 141 Å². The van der Waals surface area contributed by atoms with Gasteiger partial charge >= 0.3 is 0 Å². The molecule has 7 aliphatic heterocycles. The predicted molar refractivity (Wildman–Crippen MR) is 344 cm³/mol. The van der Waals surface area contributed by atoms with Gasteiger partial charge in [0.05, 0.1) is 13.2 Å². The molecule has 0 spiro atoms. The number of hydrogen-bond donors (Lipinski definition) is 4. The van der Waals surface area contributed by atoms with Gasteiger partial charge in [0.25, 0.3) is 10.2 Å². The molecule has 4 bridgehead atoms. The van der Waals surface area contributed by atoms with Crippen molar-refractivity contribution in [3.8, 4) is 0 Å². The molecule has 0 aromatic heterocycles. The Morgan fingerprint density at radius 1 is 0.541 bits per heavy atom. The van der Waals surface area contributed by atoms with Gasteiger partial charge in [0.2, 0.25) is 37.8 Å². The van der Waals surface area contributed by atoms with Crippen molar-refractivity contribution in [2.45, 2.75) is 163 Å². The number of halogens is 9. The van der Waals surface area contributed by atoms with Crippen LogP contribution in [-0.2, 0) is 81.7 Å². The van der Waals surface area contributed by atoms with Gasteiger partial charge in [-0.2, -0.15) is 21.3 Å². The fourth-order valence-electron chi connectivity index (χ4n) is 15.2. The number of sulfonamides is 2. The maximum atomic E-state index is 14.1. The number of carbonyl (C=O) groups excluding carboxylic acids is 3. The lowest BCUT2D eigenvalue weighted by atomic mass is 9.82. The number of nitrogens with two attached hydrogens (primary N) is 3. The summed E-state index contributed by atoms with van der Waals surface area (Å²) in [4.78, 5) is 44.2. The van der Waals surface area contributed by atoms with Crippen molar-refractivity contribution >= 4 is 48.0 Å². The van der Waals surface area contributed by atoms with Crippen LogP contribution in [0, 0.1) is 70.1 Å². The molecule has 1 saturated carbocycles. The van der Waals surface area contributed by atoms with Crippen LogP contribution in [0.4, 0.5) is 39.5 Å². The molecule has 7 fully saturated rings. The third kappa shape index (κ3) is 16.7. The molecule has 8 aliphatic rings. The summed E-state index contributed by atoms with van der Waals surface area (Å²) in [5.41, 5.74) is 20.9. The second kappa shape index (κ2) is 30.8. The number of ether oxygens (including phenoxy) is 1. The Morgan fingerprint density at radius 3 is 1.35 bits per heavy atom. The van der Waals surface area contributed by atoms with Crippen molar-refractivity contribution in [3.63, 3.8) is 0 Å². The highest BCUT2D eigenvalue weighted by atomic mass is 32.2. The van der Waals surface area contributed by atoms with Gasteiger partial charge < -0.3 is 36.6 Å². The molecule has 1 aliphatic carbocycles. The molecule has 32 heteroatoms. The molecule has 0 radical (unpaired) electrons. The molecule has 20 nitrogen and oxygen atoms in total. The summed E-state index contributed by atoms with van der Waals surface area (Å²) >= 11 is 0. The van der Waals surface area contributed by atoms with Crippen molar-refractivity contribution in [2.24, 2.45) is 35.0 Å². The number of morpholine rings is 1. The lowest BCUT2D eigenvalue weighted by Gasteiger charge is -2.43. The molecule has 98 heavy (non-hydrogen) atoms. The lowest BCUT2D eigenvalue weighted by molar-refractivity contribution is -0.137. The minimum Gasteiger partial charge on any atom is -0.379 e. The SMILES string of the molecule is CN(C)S(=O)(=O)NCCC(=O)N1CCC([C@H](N)Cc2cc(F)c(F)cc2F)CC1.N[C@H](Cc1cc(F)c(F)cc1F)C1C[C@H]2CC[C@@H](C1)N2C(=O)C1(S(=O)(=O)N2CCOCC2)CC1.N[C@H](Cc1cc(F)c(F)cc1F)C1C[C@H]2CC[C@@H](C1)N2C(=O)CS(=O)(=O)N1Cc2ccccc2C1. The number of piperidine rings is 3. The van der Waals surface area contributed by atoms with Gasteiger partial charge in [0.1, 0.15) is 23.2 Å². The van der Waals surface area contributed by atoms with Gasteiger partial charge in [0, 0.05) is 127 Å². The largest absolute Gasteiger partial charge is 0.379 e. The summed E-state index contributed by atoms with van der Waals surface area (Å²) in [6, 6.07) is 9.74. The van der Waals surface area contributed by atoms with Crippen molar-refractivity contribution in [2.75, 3.05) is 65.8 Å². The molecular formula is C66H85F9N10O10S3. The number of carbonyl (C=O) groups is 3. The number of likely N-dealkylation sites (tertiary alicyclic amines) is 1. The summed E-state index contributed by atoms with van der Waals surface area (Å²) in [6.07, 6.45) is 7.49. The first kappa shape index (κ1) is 74.9. The lowest BCUT2D eigenvalue weighted by Crippen LogP contribution is -2.58. The van der Waals surface area contributed by atoms with Crippen molar-refractivity contribution in [1.82, 2.24) is 32.3 Å². The highest BCUT2D eigenvalue weighted by molar-refractivity contribution is 7.91. The van der Waals surface area contributed by atoms with Crippen LogP contribution >= 0.6 is 0 Å². The molecule has 540 valence electrons. The molecule has 2 unspecified atom stereocenters. The average Bonchev–Trinajstić information content (AvgIpc) is 1.55. The van der Waals surface area contributed by atoms with E-state index in [1.807, 2.05) is 24.3 Å². The van der Waals surface area contributed by atoms with Crippen LogP contribution in [0.1, 0.15) is 111 Å². The van der Waals surface area contributed by atoms with E-state index in [2.05, 4.69) is 4.72 Å². The fraction of sp³-hybridized carbons (Fsp3) is 0.591. The first-order valence-corrected chi connectivity index (χ1v) is 37.6. The van der Waals surface area contributed by atoms with E-state index in [1.54, 1.807) is 14.7 Å². The number of benzene rings is 4. The number of amides is 3. The summed E-state index contributed by atoms with van der Waals surface area (Å²) < 4.78 is 208. The highest BCUT2D eigenvalue weighted by Gasteiger charge is 2.66. The van der Waals surface area contributed by atoms with Gasteiger partial charge in [0.15, 0.2) is 39.7 Å². The van der Waals surface area contributed by atoms with Crippen LogP contribution in [0.25, 0.3) is 0 Å². The van der Waals surface area contributed by atoms with Crippen LogP contribution in [0.2, 0.25) is 0 Å². The minimum absolute atomic E-state index is 0.00813. The summed E-state index contributed by atoms with van der Waals surface area (Å²) in [5, 5.41) is 0. The molecule has 3 amide bonds. The van der Waals surface area contributed by atoms with Crippen LogP contribution in [0.3, 0.4) is 0 Å². The zero-order valence-corrected chi connectivity index (χ0v) is 57.0. The monoisotopic (exact) mass is 1440 g/mol. The Morgan fingerprint density at radius 2 is 0.939 bits per heavy atom. The van der Waals surface area contributed by atoms with E-state index in [0.29, 0.717) is 95.9 Å². The molecule has 7 heterocycles. The molecule has 12 rings (SSSR count). The normalized spacial score (nSPS) is 24.3. The van der Waals surface area contributed by atoms with Crippen LogP contribution in [-0.4, -0.2) is 183 Å². The Labute approximate surface area is 566 Å². The molecule has 7 N–H and O–H groups in total. The summed E-state index contributed by atoms with van der Waals surface area (Å²) in [6.45, 7) is 2.66. The first-order valence-electron chi connectivity index (χ1n) is 33.1. The number of hydrogen-bond acceptors (Lipinski definition) is 13. The zero-order valence-electron chi connectivity index (χ0n) is 54.6. The Hall–Kier alpha value is -5.81. The fourth-order valence-corrected chi connectivity index (χ4v) is 19.2. The van der Waals surface area contributed by atoms with E-state index in [-0.39, 0.29) is 129 Å². The van der Waals surface area contributed by atoms with Gasteiger partial charge in [-0.1, -0.05) is 24.3 Å². The first-order chi connectivity index (χ1) is 46.3. The average molecular weight is 1450 g/mol. The maximum Gasteiger partial charge on any atom is 0.278 e. The number of rotatable bonds is 20. The highest BCUT2D eigenvalue weighted by Crippen LogP contribution is 2.51. The van der Waals surface area contributed by atoms with Crippen LogP contribution in [0.15, 0.2) is 60.7 Å². The molecular weight excluding hydrogens is 1360 g/mol. The van der Waals surface area contributed by atoms with Crippen LogP contribution in [0.5, 0.6) is 0 Å². The van der Waals surface area contributed by atoms with E-state index < -0.39 is 117 Å². The van der Waals surface area contributed by atoms with E-state index in [4.69, 9.17) is 21.9 Å². The predicted octanol–water partition coefficient (Wildman–Crippen LogP) is 6.03. The standard InChI is InChI=1S/C25H28F3N3O3S.C23H30F3N3O4S.C18H27F3N4O3S/c26-21-11-23(28)22(27)9-17(21)10-24(29)18-7-19-5-6-20(8-18)31(19)25(32)14-35(33,34)30-12-15-3-1-2-4-16(15)13-30;24-18-13-20(26)19(25)11-14(18)12-21(27)15-9-16-1-2-17(10-15)29(16)22(30)23(3-4-23)34(31,32)28-5-7-33-8-6-28;1-24(2)29(27,28)23-6-3-18(26)25-7-4-12(5-8-25)17(22)10-13-9-15(20)16(21)11-14(13)19/h1-4,9,11,18-20,24H,5-8,10,12-14,29H2;11,13,15-17,21H,1-10,12,27H2;9,11-12,17,23H,3-8,10,22H2,1-2H3/t18?,19-,20+,24-;15?,16-,17+,21-;17-/m111/s1. The zero-order chi connectivity index (χ0) is 70.9. The topological polar surface area (TPSA) is 272 Å². The molecule has 6 saturated heterocycles. The number of nitrogens with zero attached hydrogens (tertiary/aromatic N) is 6. The molecule has 9 atom stereocenters. The second-order valence-electron chi connectivity index (χ2n) is 27.4. The quantitative estimate of drug-likeness (QED) is 0.0583. The number of fused-ring (bicyclic) bond motifs is 5. The Bertz CT molecular complexity index is 3890. The maximum absolute atomic E-state index is 14.1. The van der Waals surface area contributed by atoms with Gasteiger partial charge in [-0.3, -0.25) is 14.4 Å².